The number of hydrogen-bond acceptors (Lipinski definition) is 4. The lowest BCUT2D eigenvalue weighted by Crippen LogP contribution is -2.12. The largest absolute Gasteiger partial charge is 0.299 e. The third kappa shape index (κ3) is 0.970. The van der Waals surface area contributed by atoms with Crippen molar-refractivity contribution in [1.29, 1.82) is 0 Å². The van der Waals surface area contributed by atoms with Gasteiger partial charge in [0.25, 0.3) is 0 Å². The second-order valence-electron chi connectivity index (χ2n) is 2.86. The molecular weight excluding hydrogens is 142 g/mol. The SMILES string of the molecule is Cn1c(NN)nnc1C1CC1. The van der Waals surface area contributed by atoms with Gasteiger partial charge in [-0.25, -0.2) is 5.84 Å². The summed E-state index contributed by atoms with van der Waals surface area (Å²) in [6, 6.07) is 0. The summed E-state index contributed by atoms with van der Waals surface area (Å²) in [5.74, 6) is 7.50. The molecule has 0 spiro atoms. The lowest BCUT2D eigenvalue weighted by molar-refractivity contribution is 0.800. The van der Waals surface area contributed by atoms with E-state index in [1.54, 1.807) is 0 Å². The molecule has 0 atom stereocenters. The Morgan fingerprint density at radius 2 is 2.27 bits per heavy atom. The Bertz CT molecular complexity index is 262. The molecule has 1 aromatic rings. The van der Waals surface area contributed by atoms with Crippen LogP contribution in [0.15, 0.2) is 0 Å². The van der Waals surface area contributed by atoms with Crippen LogP contribution in [-0.2, 0) is 7.05 Å². The molecule has 5 nitrogen and oxygen atoms in total. The van der Waals surface area contributed by atoms with E-state index < -0.39 is 0 Å². The van der Waals surface area contributed by atoms with Crippen LogP contribution in [-0.4, -0.2) is 14.8 Å². The van der Waals surface area contributed by atoms with Crippen LogP contribution in [0.1, 0.15) is 24.6 Å². The first-order chi connectivity index (χ1) is 5.33. The van der Waals surface area contributed by atoms with Gasteiger partial charge in [-0.2, -0.15) is 0 Å². The summed E-state index contributed by atoms with van der Waals surface area (Å²) in [4.78, 5) is 0. The fourth-order valence-corrected chi connectivity index (χ4v) is 1.16. The lowest BCUT2D eigenvalue weighted by atomic mass is 10.4. The van der Waals surface area contributed by atoms with Gasteiger partial charge >= 0.3 is 0 Å². The minimum absolute atomic E-state index is 0.620. The molecule has 0 amide bonds. The zero-order valence-corrected chi connectivity index (χ0v) is 6.41. The number of hydrogen-bond donors (Lipinski definition) is 2. The molecule has 0 unspecified atom stereocenters. The van der Waals surface area contributed by atoms with Crippen molar-refractivity contribution in [2.24, 2.45) is 12.9 Å². The average Bonchev–Trinajstić information content (AvgIpc) is 2.77. The summed E-state index contributed by atoms with van der Waals surface area (Å²) in [6.45, 7) is 0. The van der Waals surface area contributed by atoms with Crippen LogP contribution in [0, 0.1) is 0 Å². The Hall–Kier alpha value is -1.10. The zero-order valence-electron chi connectivity index (χ0n) is 6.41. The number of nitrogens with zero attached hydrogens (tertiary/aromatic N) is 3. The van der Waals surface area contributed by atoms with Crippen LogP contribution in [0.4, 0.5) is 5.95 Å². The lowest BCUT2D eigenvalue weighted by Gasteiger charge is -1.99. The van der Waals surface area contributed by atoms with E-state index in [1.807, 2.05) is 11.6 Å². The topological polar surface area (TPSA) is 68.8 Å². The molecule has 0 aliphatic heterocycles. The standard InChI is InChI=1S/C6H11N5/c1-11-5(4-2-3-4)9-10-6(11)8-7/h4H,2-3,7H2,1H3,(H,8,10). The summed E-state index contributed by atoms with van der Waals surface area (Å²) in [5, 5.41) is 7.89. The maximum absolute atomic E-state index is 5.21. The van der Waals surface area contributed by atoms with Crippen molar-refractivity contribution in [3.8, 4) is 0 Å². The first kappa shape index (κ1) is 6.60. The molecule has 0 radical (unpaired) electrons. The maximum atomic E-state index is 5.21. The van der Waals surface area contributed by atoms with Crippen molar-refractivity contribution >= 4 is 5.95 Å². The number of nitrogen functional groups attached to an aromatic ring is 1. The van der Waals surface area contributed by atoms with Gasteiger partial charge in [0.05, 0.1) is 0 Å². The highest BCUT2D eigenvalue weighted by molar-refractivity contribution is 5.25. The number of hydrazine groups is 1. The van der Waals surface area contributed by atoms with Crippen molar-refractivity contribution < 1.29 is 0 Å². The van der Waals surface area contributed by atoms with Crippen LogP contribution < -0.4 is 11.3 Å². The van der Waals surface area contributed by atoms with Crippen molar-refractivity contribution in [3.05, 3.63) is 5.82 Å². The molecule has 11 heavy (non-hydrogen) atoms. The Morgan fingerprint density at radius 1 is 1.55 bits per heavy atom. The minimum atomic E-state index is 0.620. The number of nitrogens with two attached hydrogens (primary N) is 1. The minimum Gasteiger partial charge on any atom is -0.299 e. The summed E-state index contributed by atoms with van der Waals surface area (Å²) < 4.78 is 1.90. The van der Waals surface area contributed by atoms with Crippen LogP contribution in [0.3, 0.4) is 0 Å². The first-order valence-electron chi connectivity index (χ1n) is 3.69. The molecule has 2 rings (SSSR count). The number of nitrogens with one attached hydrogen (secondary N) is 1. The van der Waals surface area contributed by atoms with E-state index in [4.69, 9.17) is 5.84 Å². The molecule has 1 heterocycles. The fourth-order valence-electron chi connectivity index (χ4n) is 1.16. The molecule has 0 aromatic carbocycles. The Morgan fingerprint density at radius 3 is 2.73 bits per heavy atom. The molecule has 0 bridgehead atoms. The molecule has 3 N–H and O–H groups in total. The number of rotatable bonds is 2. The molecule has 60 valence electrons. The Balaban J connectivity index is 2.33. The van der Waals surface area contributed by atoms with Crippen molar-refractivity contribution in [2.45, 2.75) is 18.8 Å². The predicted octanol–water partition coefficient (Wildman–Crippen LogP) is -0.0219. The van der Waals surface area contributed by atoms with Crippen LogP contribution in [0.5, 0.6) is 0 Å². The van der Waals surface area contributed by atoms with Gasteiger partial charge in [0.2, 0.25) is 5.95 Å². The van der Waals surface area contributed by atoms with E-state index in [2.05, 4.69) is 15.6 Å². The van der Waals surface area contributed by atoms with E-state index in [-0.39, 0.29) is 0 Å². The van der Waals surface area contributed by atoms with Crippen LogP contribution in [0.25, 0.3) is 0 Å². The monoisotopic (exact) mass is 153 g/mol. The van der Waals surface area contributed by atoms with Crippen LogP contribution in [0.2, 0.25) is 0 Å². The van der Waals surface area contributed by atoms with Gasteiger partial charge in [-0.05, 0) is 12.8 Å². The van der Waals surface area contributed by atoms with E-state index in [9.17, 15) is 0 Å². The Kier molecular flexibility index (Phi) is 1.32. The first-order valence-corrected chi connectivity index (χ1v) is 3.69. The molecule has 1 saturated carbocycles. The highest BCUT2D eigenvalue weighted by Gasteiger charge is 2.28. The van der Waals surface area contributed by atoms with Gasteiger partial charge in [0, 0.05) is 13.0 Å². The summed E-state index contributed by atoms with van der Waals surface area (Å²) in [6.07, 6.45) is 2.47. The molecule has 5 heteroatoms. The smallest absolute Gasteiger partial charge is 0.238 e. The number of aromatic nitrogens is 3. The fraction of sp³-hybridized carbons (Fsp3) is 0.667. The summed E-state index contributed by atoms with van der Waals surface area (Å²) >= 11 is 0. The predicted molar refractivity (Wildman–Crippen MR) is 40.8 cm³/mol. The summed E-state index contributed by atoms with van der Waals surface area (Å²) in [7, 11) is 1.92. The number of anilines is 1. The molecule has 1 fully saturated rings. The van der Waals surface area contributed by atoms with Gasteiger partial charge in [0.15, 0.2) is 0 Å². The highest BCUT2D eigenvalue weighted by atomic mass is 15.4. The molecule has 1 aliphatic rings. The molecule has 0 saturated heterocycles. The second kappa shape index (κ2) is 2.20. The van der Waals surface area contributed by atoms with Crippen molar-refractivity contribution in [2.75, 3.05) is 5.43 Å². The van der Waals surface area contributed by atoms with Gasteiger partial charge in [-0.15, -0.1) is 10.2 Å². The normalized spacial score (nSPS) is 16.9. The van der Waals surface area contributed by atoms with E-state index >= 15 is 0 Å². The van der Waals surface area contributed by atoms with Gasteiger partial charge in [-0.1, -0.05) is 0 Å². The van der Waals surface area contributed by atoms with Crippen molar-refractivity contribution in [1.82, 2.24) is 14.8 Å². The Labute approximate surface area is 64.6 Å². The third-order valence-electron chi connectivity index (χ3n) is 1.98. The van der Waals surface area contributed by atoms with E-state index in [1.165, 1.54) is 12.8 Å². The third-order valence-corrected chi connectivity index (χ3v) is 1.98. The van der Waals surface area contributed by atoms with Gasteiger partial charge in [-0.3, -0.25) is 9.99 Å². The summed E-state index contributed by atoms with van der Waals surface area (Å²) in [5.41, 5.74) is 2.49. The molecule has 1 aliphatic carbocycles. The quantitative estimate of drug-likeness (QED) is 0.462. The van der Waals surface area contributed by atoms with Gasteiger partial charge in [0.1, 0.15) is 5.82 Å². The zero-order chi connectivity index (χ0) is 7.84. The van der Waals surface area contributed by atoms with Crippen LogP contribution >= 0.6 is 0 Å². The van der Waals surface area contributed by atoms with Gasteiger partial charge < -0.3 is 0 Å². The molecule has 1 aromatic heterocycles. The van der Waals surface area contributed by atoms with E-state index in [0.717, 1.165) is 5.82 Å². The molecular formula is C6H11N5. The maximum Gasteiger partial charge on any atom is 0.238 e. The second-order valence-corrected chi connectivity index (χ2v) is 2.86. The van der Waals surface area contributed by atoms with E-state index in [0.29, 0.717) is 11.9 Å². The highest BCUT2D eigenvalue weighted by Crippen LogP contribution is 2.39. The average molecular weight is 153 g/mol. The van der Waals surface area contributed by atoms with Crippen molar-refractivity contribution in [3.63, 3.8) is 0 Å².